The number of carbonyl (C=O) groups excluding carboxylic acids is 2. The minimum atomic E-state index is -0.385. The highest BCUT2D eigenvalue weighted by atomic mass is 32.1. The van der Waals surface area contributed by atoms with Crippen molar-refractivity contribution in [1.29, 1.82) is 0 Å². The fourth-order valence-electron chi connectivity index (χ4n) is 1.89. The standard InChI is InChI=1S/C15H14N2O2S2.2C3H8/c18-14(20)16-12-5-1-10(2-6-12)9-11-3-7-13(8-4-11)17-15(19)21;2*1-3-2/h1-8H,9H2,(H2,16,18,20)(H2,17,19,21);2*3H2,1-2H3. The Balaban J connectivity index is 0.000000997. The van der Waals surface area contributed by atoms with Gasteiger partial charge in [-0.1, -0.05) is 90.1 Å². The fourth-order valence-corrected chi connectivity index (χ4v) is 2.15. The molecule has 2 aromatic rings. The van der Waals surface area contributed by atoms with Gasteiger partial charge in [-0.05, 0) is 41.8 Å². The number of thiol groups is 2. The molecule has 0 aliphatic rings. The summed E-state index contributed by atoms with van der Waals surface area (Å²) >= 11 is 7.33. The summed E-state index contributed by atoms with van der Waals surface area (Å²) in [7, 11) is 0. The Hall–Kier alpha value is -1.92. The van der Waals surface area contributed by atoms with Crippen molar-refractivity contribution in [2.24, 2.45) is 0 Å². The number of nitrogens with one attached hydrogen (secondary N) is 2. The molecule has 2 N–H and O–H groups in total. The third-order valence-electron chi connectivity index (χ3n) is 2.82. The van der Waals surface area contributed by atoms with Crippen LogP contribution in [0.2, 0.25) is 0 Å². The number of carbonyl (C=O) groups is 2. The van der Waals surface area contributed by atoms with E-state index >= 15 is 0 Å². The fraction of sp³-hybridized carbons (Fsp3) is 0.333. The number of anilines is 2. The van der Waals surface area contributed by atoms with Crippen molar-refractivity contribution in [3.8, 4) is 0 Å². The van der Waals surface area contributed by atoms with Gasteiger partial charge in [0.15, 0.2) is 0 Å². The average Bonchev–Trinajstić information content (AvgIpc) is 2.59. The molecule has 27 heavy (non-hydrogen) atoms. The topological polar surface area (TPSA) is 58.2 Å². The Morgan fingerprint density at radius 2 is 0.926 bits per heavy atom. The van der Waals surface area contributed by atoms with Crippen LogP contribution in [0.25, 0.3) is 0 Å². The number of amides is 2. The Morgan fingerprint density at radius 1 is 0.667 bits per heavy atom. The second-order valence-corrected chi connectivity index (χ2v) is 6.66. The van der Waals surface area contributed by atoms with Crippen molar-refractivity contribution < 1.29 is 9.59 Å². The van der Waals surface area contributed by atoms with Gasteiger partial charge in [0.25, 0.3) is 10.5 Å². The molecule has 0 unspecified atom stereocenters. The molecule has 2 amide bonds. The lowest BCUT2D eigenvalue weighted by Crippen LogP contribution is -2.01. The van der Waals surface area contributed by atoms with Crippen LogP contribution >= 0.6 is 25.3 Å². The molecule has 6 heteroatoms. The molecule has 0 aliphatic carbocycles. The molecule has 2 aromatic carbocycles. The predicted molar refractivity (Wildman–Crippen MR) is 124 cm³/mol. The van der Waals surface area contributed by atoms with Crippen molar-refractivity contribution in [3.05, 3.63) is 59.7 Å². The smallest absolute Gasteiger partial charge is 0.280 e. The van der Waals surface area contributed by atoms with Gasteiger partial charge in [0.2, 0.25) is 0 Å². The highest BCUT2D eigenvalue weighted by Crippen LogP contribution is 2.16. The van der Waals surface area contributed by atoms with Crippen molar-refractivity contribution in [2.45, 2.75) is 47.0 Å². The maximum absolute atomic E-state index is 10.8. The first-order chi connectivity index (χ1) is 12.9. The minimum Gasteiger partial charge on any atom is -0.317 e. The van der Waals surface area contributed by atoms with E-state index in [4.69, 9.17) is 0 Å². The molecule has 0 radical (unpaired) electrons. The van der Waals surface area contributed by atoms with Gasteiger partial charge in [0, 0.05) is 11.4 Å². The number of benzene rings is 2. The van der Waals surface area contributed by atoms with Gasteiger partial charge < -0.3 is 10.6 Å². The summed E-state index contributed by atoms with van der Waals surface area (Å²) in [5.41, 5.74) is 3.67. The van der Waals surface area contributed by atoms with Gasteiger partial charge in [-0.3, -0.25) is 9.59 Å². The van der Waals surface area contributed by atoms with Gasteiger partial charge in [-0.15, -0.1) is 0 Å². The van der Waals surface area contributed by atoms with E-state index in [0.717, 1.165) is 17.5 Å². The van der Waals surface area contributed by atoms with E-state index < -0.39 is 0 Å². The summed E-state index contributed by atoms with van der Waals surface area (Å²) in [5, 5.41) is 4.43. The van der Waals surface area contributed by atoms with Crippen LogP contribution in [0.5, 0.6) is 0 Å². The first-order valence-corrected chi connectivity index (χ1v) is 9.93. The number of rotatable bonds is 4. The van der Waals surface area contributed by atoms with E-state index in [0.29, 0.717) is 11.4 Å². The maximum atomic E-state index is 10.8. The molecule has 0 aromatic heterocycles. The zero-order valence-electron chi connectivity index (χ0n) is 16.5. The zero-order chi connectivity index (χ0) is 20.7. The van der Waals surface area contributed by atoms with E-state index in [1.165, 1.54) is 12.8 Å². The predicted octanol–water partition coefficient (Wildman–Crippen LogP) is 7.03. The highest BCUT2D eigenvalue weighted by Gasteiger charge is 2.00. The second-order valence-electron chi connectivity index (χ2n) is 5.85. The molecule has 2 rings (SSSR count). The van der Waals surface area contributed by atoms with Crippen molar-refractivity contribution in [3.63, 3.8) is 0 Å². The molecule has 0 atom stereocenters. The van der Waals surface area contributed by atoms with Crippen molar-refractivity contribution in [1.82, 2.24) is 0 Å². The molecule has 0 bridgehead atoms. The van der Waals surface area contributed by atoms with Crippen LogP contribution < -0.4 is 10.6 Å². The van der Waals surface area contributed by atoms with Crippen LogP contribution in [0.4, 0.5) is 21.0 Å². The molecule has 0 spiro atoms. The quantitative estimate of drug-likeness (QED) is 0.412. The van der Waals surface area contributed by atoms with Crippen LogP contribution in [0, 0.1) is 0 Å². The van der Waals surface area contributed by atoms with Crippen LogP contribution in [-0.2, 0) is 6.42 Å². The lowest BCUT2D eigenvalue weighted by atomic mass is 10.0. The van der Waals surface area contributed by atoms with E-state index in [2.05, 4.69) is 63.6 Å². The summed E-state index contributed by atoms with van der Waals surface area (Å²) < 4.78 is 0. The third-order valence-corrected chi connectivity index (χ3v) is 3.04. The van der Waals surface area contributed by atoms with Crippen LogP contribution in [-0.4, -0.2) is 10.5 Å². The van der Waals surface area contributed by atoms with Crippen LogP contribution in [0.15, 0.2) is 48.5 Å². The van der Waals surface area contributed by atoms with Gasteiger partial charge in [0.1, 0.15) is 0 Å². The lowest BCUT2D eigenvalue weighted by Gasteiger charge is -2.06. The van der Waals surface area contributed by atoms with E-state index in [9.17, 15) is 9.59 Å². The van der Waals surface area contributed by atoms with E-state index in [1.54, 1.807) is 0 Å². The van der Waals surface area contributed by atoms with Gasteiger partial charge in [0.05, 0.1) is 0 Å². The second kappa shape index (κ2) is 15.2. The summed E-state index contributed by atoms with van der Waals surface area (Å²) in [6, 6.07) is 15.1. The van der Waals surface area contributed by atoms with Crippen LogP contribution in [0.3, 0.4) is 0 Å². The van der Waals surface area contributed by atoms with Gasteiger partial charge >= 0.3 is 0 Å². The molecule has 148 valence electrons. The van der Waals surface area contributed by atoms with E-state index in [1.807, 2.05) is 48.5 Å². The molecular weight excluding hydrogens is 376 g/mol. The SMILES string of the molecule is CCC.CCC.O=C(S)Nc1ccc(Cc2ccc(NC(=O)S)cc2)cc1. The largest absolute Gasteiger partial charge is 0.317 e. The van der Waals surface area contributed by atoms with Crippen molar-refractivity contribution in [2.75, 3.05) is 10.6 Å². The molecule has 0 saturated heterocycles. The molecule has 0 heterocycles. The summed E-state index contributed by atoms with van der Waals surface area (Å²) in [4.78, 5) is 21.6. The van der Waals surface area contributed by atoms with E-state index in [-0.39, 0.29) is 10.5 Å². The lowest BCUT2D eigenvalue weighted by molar-refractivity contribution is 0.269. The Morgan fingerprint density at radius 3 is 1.15 bits per heavy atom. The van der Waals surface area contributed by atoms with Crippen molar-refractivity contribution >= 4 is 47.1 Å². The van der Waals surface area contributed by atoms with Gasteiger partial charge in [-0.2, -0.15) is 0 Å². The molecule has 4 nitrogen and oxygen atoms in total. The third kappa shape index (κ3) is 13.0. The number of hydrogen-bond acceptors (Lipinski definition) is 2. The maximum Gasteiger partial charge on any atom is 0.280 e. The zero-order valence-corrected chi connectivity index (χ0v) is 18.2. The molecule has 0 aliphatic heterocycles. The Bertz CT molecular complexity index is 612. The first kappa shape index (κ1) is 25.1. The summed E-state index contributed by atoms with van der Waals surface area (Å²) in [6.07, 6.45) is 3.27. The monoisotopic (exact) mass is 406 g/mol. The summed E-state index contributed by atoms with van der Waals surface area (Å²) in [6.45, 7) is 8.50. The Labute approximate surface area is 174 Å². The molecule has 0 fully saturated rings. The van der Waals surface area contributed by atoms with Gasteiger partial charge in [-0.25, -0.2) is 0 Å². The molecular formula is C21H30N2O2S2. The first-order valence-electron chi connectivity index (χ1n) is 9.03. The summed E-state index contributed by atoms with van der Waals surface area (Å²) in [5.74, 6) is 0. The molecule has 0 saturated carbocycles. The number of hydrogen-bond donors (Lipinski definition) is 4. The average molecular weight is 407 g/mol. The highest BCUT2D eigenvalue weighted by molar-refractivity contribution is 7.97. The Kier molecular flexibility index (Phi) is 14.1. The van der Waals surface area contributed by atoms with Crippen LogP contribution in [0.1, 0.15) is 51.7 Å². The normalized spacial score (nSPS) is 9.11. The minimum absolute atomic E-state index is 0.385.